The number of carbonyl (C=O) groups excluding carboxylic acids is 1. The molecule has 0 aliphatic rings. The lowest BCUT2D eigenvalue weighted by Gasteiger charge is -2.25. The van der Waals surface area contributed by atoms with Gasteiger partial charge in [0.1, 0.15) is 13.2 Å². The van der Waals surface area contributed by atoms with E-state index in [-0.39, 0.29) is 19.1 Å². The van der Waals surface area contributed by atoms with Crippen molar-refractivity contribution < 1.29 is 32.9 Å². The van der Waals surface area contributed by atoms with Crippen LogP contribution in [0.25, 0.3) is 0 Å². The summed E-state index contributed by atoms with van der Waals surface area (Å²) in [6, 6.07) is -0.850. The Kier molecular flexibility index (Phi) is 29.9. The lowest BCUT2D eigenvalue weighted by atomic mass is 10.1. The molecule has 3 N–H and O–H groups in total. The molecule has 0 fully saturated rings. The number of nitrogens with zero attached hydrogens (tertiary/aromatic N) is 1. The maximum absolute atomic E-state index is 12.8. The summed E-state index contributed by atoms with van der Waals surface area (Å²) in [5.74, 6) is -0.196. The van der Waals surface area contributed by atoms with Gasteiger partial charge in [0.05, 0.1) is 39.9 Å². The van der Waals surface area contributed by atoms with Crippen molar-refractivity contribution >= 4 is 13.7 Å². The molecule has 8 nitrogen and oxygen atoms in total. The van der Waals surface area contributed by atoms with E-state index in [9.17, 15) is 19.4 Å². The van der Waals surface area contributed by atoms with Gasteiger partial charge in [-0.2, -0.15) is 0 Å². The third-order valence-electron chi connectivity index (χ3n) is 8.09. The van der Waals surface area contributed by atoms with E-state index in [1.165, 1.54) is 57.8 Å². The summed E-state index contributed by atoms with van der Waals surface area (Å²) in [6.45, 7) is 4.70. The Bertz CT molecular complexity index is 871. The highest BCUT2D eigenvalue weighted by Crippen LogP contribution is 2.43. The normalized spacial score (nSPS) is 15.1. The number of nitrogens with one attached hydrogen (secondary N) is 1. The van der Waals surface area contributed by atoms with E-state index in [0.717, 1.165) is 70.6 Å². The Balaban J connectivity index is 4.59. The first-order chi connectivity index (χ1) is 22.5. The molecule has 0 aliphatic heterocycles. The largest absolute Gasteiger partial charge is 0.472 e. The standard InChI is InChI=1S/C38H73N2O6P/c1-6-8-10-12-14-16-18-20-22-24-26-28-30-32-38(42)39-36(35-46-47(43,44)45-34-33-40(3,4)5)37(41)31-29-27-25-23-21-19-17-15-13-11-9-7-2/h10,12,16,18,29,31,36-37,41H,6-9,11,13-15,17,19-28,30,32-35H2,1-5H3,(H-,39,42,43,44)/p+1/b12-10-,18-16-,31-29+. The van der Waals surface area contributed by atoms with Crippen molar-refractivity contribution in [1.29, 1.82) is 0 Å². The second-order valence-electron chi connectivity index (χ2n) is 13.9. The number of hydrogen-bond acceptors (Lipinski definition) is 5. The SMILES string of the molecule is CCC/C=C\C/C=C\CCCCCCCC(=O)NC(COP(=O)(O)OCC[N+](C)(C)C)C(O)/C=C/CCCCCCCCCCCC. The molecule has 3 atom stereocenters. The van der Waals surface area contributed by atoms with Crippen molar-refractivity contribution in [3.63, 3.8) is 0 Å². The number of allylic oxidation sites excluding steroid dienone is 5. The van der Waals surface area contributed by atoms with Gasteiger partial charge in [0.25, 0.3) is 0 Å². The fourth-order valence-electron chi connectivity index (χ4n) is 5.02. The van der Waals surface area contributed by atoms with Crippen LogP contribution in [0.2, 0.25) is 0 Å². The van der Waals surface area contributed by atoms with Crippen LogP contribution in [0.5, 0.6) is 0 Å². The third-order valence-corrected chi connectivity index (χ3v) is 9.07. The summed E-state index contributed by atoms with van der Waals surface area (Å²) >= 11 is 0. The number of rotatable bonds is 33. The van der Waals surface area contributed by atoms with Crippen LogP contribution < -0.4 is 5.32 Å². The zero-order valence-electron chi connectivity index (χ0n) is 31.0. The fraction of sp³-hybridized carbons (Fsp3) is 0.816. The Morgan fingerprint density at radius 3 is 1.83 bits per heavy atom. The van der Waals surface area contributed by atoms with Crippen molar-refractivity contribution in [2.75, 3.05) is 40.9 Å². The van der Waals surface area contributed by atoms with Crippen LogP contribution in [0.1, 0.15) is 149 Å². The minimum Gasteiger partial charge on any atom is -0.387 e. The van der Waals surface area contributed by atoms with Crippen LogP contribution in [0.3, 0.4) is 0 Å². The molecule has 0 heterocycles. The molecule has 0 rings (SSSR count). The Labute approximate surface area is 289 Å². The lowest BCUT2D eigenvalue weighted by Crippen LogP contribution is -2.45. The topological polar surface area (TPSA) is 105 Å². The number of aliphatic hydroxyl groups is 1. The van der Waals surface area contributed by atoms with Gasteiger partial charge < -0.3 is 19.8 Å². The van der Waals surface area contributed by atoms with E-state index < -0.39 is 20.0 Å². The van der Waals surface area contributed by atoms with E-state index in [0.29, 0.717) is 17.4 Å². The third kappa shape index (κ3) is 33.0. The van der Waals surface area contributed by atoms with Crippen LogP contribution in [0, 0.1) is 0 Å². The number of aliphatic hydroxyl groups excluding tert-OH is 1. The highest BCUT2D eigenvalue weighted by Gasteiger charge is 2.27. The highest BCUT2D eigenvalue weighted by molar-refractivity contribution is 7.47. The predicted octanol–water partition coefficient (Wildman–Crippen LogP) is 9.57. The van der Waals surface area contributed by atoms with E-state index in [4.69, 9.17) is 9.05 Å². The second-order valence-corrected chi connectivity index (χ2v) is 15.4. The Hall–Kier alpha value is -1.28. The monoisotopic (exact) mass is 686 g/mol. The van der Waals surface area contributed by atoms with Crippen molar-refractivity contribution in [2.45, 2.75) is 161 Å². The molecule has 0 saturated heterocycles. The van der Waals surface area contributed by atoms with Crippen LogP contribution in [0.4, 0.5) is 0 Å². The summed E-state index contributed by atoms with van der Waals surface area (Å²) in [6.07, 6.45) is 34.9. The van der Waals surface area contributed by atoms with E-state index >= 15 is 0 Å². The number of amides is 1. The summed E-state index contributed by atoms with van der Waals surface area (Å²) in [5, 5.41) is 13.7. The molecule has 0 radical (unpaired) electrons. The molecular weight excluding hydrogens is 611 g/mol. The van der Waals surface area contributed by atoms with Gasteiger partial charge in [0, 0.05) is 6.42 Å². The molecule has 0 aromatic carbocycles. The van der Waals surface area contributed by atoms with Crippen LogP contribution >= 0.6 is 7.82 Å². The van der Waals surface area contributed by atoms with Gasteiger partial charge >= 0.3 is 7.82 Å². The molecule has 0 bridgehead atoms. The lowest BCUT2D eigenvalue weighted by molar-refractivity contribution is -0.870. The molecule has 276 valence electrons. The molecular formula is C38H74N2O6P+. The molecule has 0 saturated carbocycles. The first-order valence-corrected chi connectivity index (χ1v) is 20.4. The molecule has 3 unspecified atom stereocenters. The summed E-state index contributed by atoms with van der Waals surface area (Å²) < 4.78 is 23.4. The summed E-state index contributed by atoms with van der Waals surface area (Å²) in [5.41, 5.74) is 0. The van der Waals surface area contributed by atoms with Gasteiger partial charge in [-0.1, -0.05) is 134 Å². The van der Waals surface area contributed by atoms with Gasteiger partial charge in [0.15, 0.2) is 0 Å². The first-order valence-electron chi connectivity index (χ1n) is 18.9. The minimum absolute atomic E-state index is 0.0578. The van der Waals surface area contributed by atoms with Crippen LogP contribution in [-0.2, 0) is 18.4 Å². The van der Waals surface area contributed by atoms with Crippen LogP contribution in [-0.4, -0.2) is 73.4 Å². The zero-order chi connectivity index (χ0) is 35.1. The van der Waals surface area contributed by atoms with E-state index in [1.54, 1.807) is 6.08 Å². The summed E-state index contributed by atoms with van der Waals surface area (Å²) in [4.78, 5) is 22.9. The quantitative estimate of drug-likeness (QED) is 0.0275. The van der Waals surface area contributed by atoms with E-state index in [2.05, 4.69) is 43.5 Å². The number of hydrogen-bond donors (Lipinski definition) is 3. The number of quaternary nitrogens is 1. The average molecular weight is 686 g/mol. The Morgan fingerprint density at radius 1 is 0.723 bits per heavy atom. The molecule has 0 aromatic rings. The van der Waals surface area contributed by atoms with Crippen LogP contribution in [0.15, 0.2) is 36.5 Å². The number of likely N-dealkylation sites (N-methyl/N-ethyl adjacent to an activating group) is 1. The average Bonchev–Trinajstić information content (AvgIpc) is 3.01. The smallest absolute Gasteiger partial charge is 0.387 e. The molecule has 47 heavy (non-hydrogen) atoms. The number of unbranched alkanes of at least 4 members (excludes halogenated alkanes) is 16. The number of carbonyl (C=O) groups is 1. The molecule has 0 spiro atoms. The van der Waals surface area contributed by atoms with Gasteiger partial charge in [-0.25, -0.2) is 4.57 Å². The maximum atomic E-state index is 12.8. The van der Waals surface area contributed by atoms with Crippen molar-refractivity contribution in [1.82, 2.24) is 5.32 Å². The molecule has 9 heteroatoms. The highest BCUT2D eigenvalue weighted by atomic mass is 31.2. The number of phosphoric acid groups is 1. The van der Waals surface area contributed by atoms with Gasteiger partial charge in [-0.15, -0.1) is 0 Å². The Morgan fingerprint density at radius 2 is 1.26 bits per heavy atom. The zero-order valence-corrected chi connectivity index (χ0v) is 31.9. The van der Waals surface area contributed by atoms with Crippen molar-refractivity contribution in [3.05, 3.63) is 36.5 Å². The van der Waals surface area contributed by atoms with Crippen molar-refractivity contribution in [3.8, 4) is 0 Å². The van der Waals surface area contributed by atoms with E-state index in [1.807, 2.05) is 27.2 Å². The van der Waals surface area contributed by atoms with Crippen molar-refractivity contribution in [2.24, 2.45) is 0 Å². The summed E-state index contributed by atoms with van der Waals surface area (Å²) in [7, 11) is 1.55. The van der Waals surface area contributed by atoms with Gasteiger partial charge in [-0.05, 0) is 44.9 Å². The maximum Gasteiger partial charge on any atom is 0.472 e. The number of phosphoric ester groups is 1. The van der Waals surface area contributed by atoms with Gasteiger partial charge in [0.2, 0.25) is 5.91 Å². The predicted molar refractivity (Wildman–Crippen MR) is 198 cm³/mol. The minimum atomic E-state index is -4.33. The second kappa shape index (κ2) is 30.8. The molecule has 0 aromatic heterocycles. The fourth-order valence-corrected chi connectivity index (χ4v) is 5.75. The van der Waals surface area contributed by atoms with Gasteiger partial charge in [-0.3, -0.25) is 13.8 Å². The molecule has 0 aliphatic carbocycles. The first kappa shape index (κ1) is 45.7. The molecule has 1 amide bonds.